The minimum absolute atomic E-state index is 0.00928. The van der Waals surface area contributed by atoms with Crippen molar-refractivity contribution in [1.29, 1.82) is 0 Å². The number of imidazole rings is 1. The largest absolute Gasteiger partial charge is 0.507 e. The van der Waals surface area contributed by atoms with Crippen molar-refractivity contribution in [3.63, 3.8) is 0 Å². The van der Waals surface area contributed by atoms with Gasteiger partial charge < -0.3 is 19.7 Å². The number of aliphatic hydroxyl groups is 1. The Morgan fingerprint density at radius 1 is 1.26 bits per heavy atom. The third-order valence-electron chi connectivity index (χ3n) is 4.87. The summed E-state index contributed by atoms with van der Waals surface area (Å²) in [5.41, 5.74) is 2.53. The van der Waals surface area contributed by atoms with Crippen LogP contribution in [0.2, 0.25) is 0 Å². The second kappa shape index (κ2) is 6.55. The number of carbonyl (C=O) groups is 1. The fraction of sp³-hybridized carbons (Fsp3) is 0.316. The number of rotatable bonds is 3. The molecule has 0 saturated carbocycles. The predicted molar refractivity (Wildman–Crippen MR) is 97.1 cm³/mol. The lowest BCUT2D eigenvalue weighted by molar-refractivity contribution is 0.0702. The number of hydrogen-bond donors (Lipinski definition) is 2. The predicted octanol–water partition coefficient (Wildman–Crippen LogP) is 1.37. The molecular weight excluding hydrogens is 346 g/mol. The van der Waals surface area contributed by atoms with Gasteiger partial charge in [0.15, 0.2) is 6.10 Å². The van der Waals surface area contributed by atoms with E-state index in [1.54, 1.807) is 44.7 Å². The second-order valence-electron chi connectivity index (χ2n) is 6.83. The molecule has 1 aliphatic heterocycles. The Morgan fingerprint density at radius 2 is 2.07 bits per heavy atom. The van der Waals surface area contributed by atoms with Gasteiger partial charge in [0.1, 0.15) is 11.6 Å². The van der Waals surface area contributed by atoms with Gasteiger partial charge in [-0.1, -0.05) is 6.07 Å². The Morgan fingerprint density at radius 3 is 2.78 bits per heavy atom. The maximum atomic E-state index is 12.8. The number of nitrogens with zero attached hydrogens (tertiary/aromatic N) is 5. The zero-order chi connectivity index (χ0) is 19.1. The fourth-order valence-corrected chi connectivity index (χ4v) is 3.36. The molecule has 140 valence electrons. The van der Waals surface area contributed by atoms with Crippen molar-refractivity contribution in [2.75, 3.05) is 6.54 Å². The number of phenolic OH excluding ortho intramolecular Hbond substituents is 1. The van der Waals surface area contributed by atoms with Gasteiger partial charge in [-0.25, -0.2) is 4.98 Å². The van der Waals surface area contributed by atoms with Gasteiger partial charge in [-0.2, -0.15) is 5.10 Å². The first-order chi connectivity index (χ1) is 12.9. The van der Waals surface area contributed by atoms with E-state index < -0.39 is 6.10 Å². The van der Waals surface area contributed by atoms with Gasteiger partial charge >= 0.3 is 0 Å². The summed E-state index contributed by atoms with van der Waals surface area (Å²) in [4.78, 5) is 18.6. The van der Waals surface area contributed by atoms with Gasteiger partial charge in [0.05, 0.1) is 30.0 Å². The monoisotopic (exact) mass is 367 g/mol. The number of fused-ring (bicyclic) bond motifs is 1. The van der Waals surface area contributed by atoms with E-state index in [4.69, 9.17) is 0 Å². The molecule has 1 amide bonds. The second-order valence-corrected chi connectivity index (χ2v) is 6.83. The molecule has 2 N–H and O–H groups in total. The number of benzene rings is 1. The fourth-order valence-electron chi connectivity index (χ4n) is 3.36. The maximum Gasteiger partial charge on any atom is 0.258 e. The van der Waals surface area contributed by atoms with Crippen LogP contribution in [0.1, 0.15) is 39.2 Å². The third-order valence-corrected chi connectivity index (χ3v) is 4.87. The van der Waals surface area contributed by atoms with E-state index in [-0.39, 0.29) is 11.7 Å². The highest BCUT2D eigenvalue weighted by atomic mass is 16.3. The van der Waals surface area contributed by atoms with E-state index >= 15 is 0 Å². The zero-order valence-corrected chi connectivity index (χ0v) is 15.2. The van der Waals surface area contributed by atoms with Gasteiger partial charge in [0.2, 0.25) is 0 Å². The first kappa shape index (κ1) is 17.3. The van der Waals surface area contributed by atoms with Gasteiger partial charge in [-0.05, 0) is 30.7 Å². The van der Waals surface area contributed by atoms with Crippen LogP contribution in [-0.4, -0.2) is 46.9 Å². The van der Waals surface area contributed by atoms with Crippen molar-refractivity contribution in [2.45, 2.75) is 26.1 Å². The van der Waals surface area contributed by atoms with Crippen LogP contribution in [-0.2, 0) is 20.1 Å². The Labute approximate surface area is 156 Å². The number of phenols is 1. The standard InChI is InChI=1S/C19H21N5O3/c1-12-3-4-14(16(25)9-12)19(27)23-7-8-24-13(11-23)10-15(21-24)17(26)18-20-5-6-22(18)2/h3-6,9-10,17,25-26H,7-8,11H2,1-2H3/t17-/m0/s1. The van der Waals surface area contributed by atoms with E-state index in [1.165, 1.54) is 0 Å². The number of aromatic hydroxyl groups is 1. The summed E-state index contributed by atoms with van der Waals surface area (Å²) >= 11 is 0. The average Bonchev–Trinajstić information content (AvgIpc) is 3.26. The number of aliphatic hydroxyl groups excluding tert-OH is 1. The van der Waals surface area contributed by atoms with Crippen molar-refractivity contribution in [3.8, 4) is 5.75 Å². The first-order valence-electron chi connectivity index (χ1n) is 8.75. The Hall–Kier alpha value is -3.13. The third kappa shape index (κ3) is 3.08. The molecule has 0 radical (unpaired) electrons. The zero-order valence-electron chi connectivity index (χ0n) is 15.2. The number of hydrogen-bond acceptors (Lipinski definition) is 5. The molecule has 2 aromatic heterocycles. The van der Waals surface area contributed by atoms with Crippen LogP contribution in [0, 0.1) is 6.92 Å². The molecule has 1 aromatic carbocycles. The highest BCUT2D eigenvalue weighted by Crippen LogP contribution is 2.25. The van der Waals surface area contributed by atoms with Gasteiger partial charge in [0.25, 0.3) is 5.91 Å². The minimum Gasteiger partial charge on any atom is -0.507 e. The van der Waals surface area contributed by atoms with Gasteiger partial charge in [-0.3, -0.25) is 9.48 Å². The molecule has 3 aromatic rings. The summed E-state index contributed by atoms with van der Waals surface area (Å²) in [5.74, 6) is 0.291. The van der Waals surface area contributed by atoms with Crippen LogP contribution in [0.5, 0.6) is 5.75 Å². The SMILES string of the molecule is Cc1ccc(C(=O)N2CCn3nc([C@H](O)c4nccn4C)cc3C2)c(O)c1. The quantitative estimate of drug-likeness (QED) is 0.729. The molecule has 4 rings (SSSR count). The maximum absolute atomic E-state index is 12.8. The van der Waals surface area contributed by atoms with Crippen molar-refractivity contribution >= 4 is 5.91 Å². The lowest BCUT2D eigenvalue weighted by Gasteiger charge is -2.28. The first-order valence-corrected chi connectivity index (χ1v) is 8.75. The highest BCUT2D eigenvalue weighted by Gasteiger charge is 2.27. The number of amides is 1. The summed E-state index contributed by atoms with van der Waals surface area (Å²) < 4.78 is 3.55. The van der Waals surface area contributed by atoms with Crippen LogP contribution in [0.4, 0.5) is 0 Å². The Balaban J connectivity index is 1.56. The van der Waals surface area contributed by atoms with Gasteiger partial charge in [-0.15, -0.1) is 0 Å². The Bertz CT molecular complexity index is 1010. The van der Waals surface area contributed by atoms with E-state index in [0.29, 0.717) is 36.7 Å². The summed E-state index contributed by atoms with van der Waals surface area (Å²) in [7, 11) is 1.82. The van der Waals surface area contributed by atoms with Crippen LogP contribution in [0.3, 0.4) is 0 Å². The molecule has 0 unspecified atom stereocenters. The van der Waals surface area contributed by atoms with E-state index in [2.05, 4.69) is 10.1 Å². The molecule has 0 aliphatic carbocycles. The highest BCUT2D eigenvalue weighted by molar-refractivity contribution is 5.96. The van der Waals surface area contributed by atoms with E-state index in [0.717, 1.165) is 11.3 Å². The smallest absolute Gasteiger partial charge is 0.258 e. The molecule has 0 fully saturated rings. The molecule has 8 heteroatoms. The van der Waals surface area contributed by atoms with Crippen LogP contribution < -0.4 is 0 Å². The van der Waals surface area contributed by atoms with E-state index in [1.807, 2.05) is 20.0 Å². The lowest BCUT2D eigenvalue weighted by atomic mass is 10.1. The van der Waals surface area contributed by atoms with Crippen molar-refractivity contribution in [2.24, 2.45) is 7.05 Å². The number of carbonyl (C=O) groups excluding carboxylic acids is 1. The minimum atomic E-state index is -0.923. The van der Waals surface area contributed by atoms with E-state index in [9.17, 15) is 15.0 Å². The molecule has 8 nitrogen and oxygen atoms in total. The topological polar surface area (TPSA) is 96.4 Å². The summed E-state index contributed by atoms with van der Waals surface area (Å²) in [6.07, 6.45) is 2.47. The summed E-state index contributed by atoms with van der Waals surface area (Å²) in [6, 6.07) is 6.84. The van der Waals surface area contributed by atoms with Crippen LogP contribution in [0.15, 0.2) is 36.7 Å². The lowest BCUT2D eigenvalue weighted by Crippen LogP contribution is -2.38. The average molecular weight is 367 g/mol. The molecule has 1 atom stereocenters. The van der Waals surface area contributed by atoms with Crippen molar-refractivity contribution in [1.82, 2.24) is 24.2 Å². The number of aromatic nitrogens is 4. The molecule has 0 spiro atoms. The summed E-state index contributed by atoms with van der Waals surface area (Å²) in [6.45, 7) is 3.24. The molecule has 0 saturated heterocycles. The number of aryl methyl sites for hydroxylation is 2. The molecule has 1 aliphatic rings. The normalized spacial score (nSPS) is 14.9. The molecular formula is C19H21N5O3. The Kier molecular flexibility index (Phi) is 4.19. The molecule has 0 bridgehead atoms. The van der Waals surface area contributed by atoms with Crippen LogP contribution >= 0.6 is 0 Å². The van der Waals surface area contributed by atoms with Crippen molar-refractivity contribution < 1.29 is 15.0 Å². The summed E-state index contributed by atoms with van der Waals surface area (Å²) in [5, 5.41) is 25.1. The molecule has 3 heterocycles. The van der Waals surface area contributed by atoms with Gasteiger partial charge in [0, 0.05) is 26.0 Å². The molecule has 27 heavy (non-hydrogen) atoms. The van der Waals surface area contributed by atoms with Crippen LogP contribution in [0.25, 0.3) is 0 Å². The van der Waals surface area contributed by atoms with Crippen molar-refractivity contribution in [3.05, 3.63) is 65.0 Å².